The van der Waals surface area contributed by atoms with Gasteiger partial charge in [-0.15, -0.1) is 0 Å². The molecule has 1 saturated heterocycles. The largest absolute Gasteiger partial charge is 0.497 e. The van der Waals surface area contributed by atoms with Gasteiger partial charge in [-0.3, -0.25) is 9.69 Å². The second-order valence-corrected chi connectivity index (χ2v) is 6.75. The monoisotopic (exact) mass is 380 g/mol. The van der Waals surface area contributed by atoms with Crippen LogP contribution in [0.4, 0.5) is 0 Å². The van der Waals surface area contributed by atoms with E-state index in [1.54, 1.807) is 13.2 Å². The molecule has 0 N–H and O–H groups in total. The van der Waals surface area contributed by atoms with Gasteiger partial charge in [0.1, 0.15) is 11.5 Å². The molecule has 2 aromatic carbocycles. The van der Waals surface area contributed by atoms with Crippen molar-refractivity contribution in [3.63, 3.8) is 0 Å². The zero-order chi connectivity index (χ0) is 19.8. The second-order valence-electron chi connectivity index (χ2n) is 6.75. The number of amides is 1. The Morgan fingerprint density at radius 3 is 2.43 bits per heavy atom. The smallest absolute Gasteiger partial charge is 0.246 e. The van der Waals surface area contributed by atoms with E-state index in [9.17, 15) is 4.79 Å². The van der Waals surface area contributed by atoms with Gasteiger partial charge in [-0.1, -0.05) is 30.3 Å². The summed E-state index contributed by atoms with van der Waals surface area (Å²) in [5, 5.41) is 0. The molecule has 2 aromatic rings. The van der Waals surface area contributed by atoms with Crippen molar-refractivity contribution in [2.24, 2.45) is 0 Å². The van der Waals surface area contributed by atoms with Crippen molar-refractivity contribution >= 4 is 12.0 Å². The van der Waals surface area contributed by atoms with E-state index in [-0.39, 0.29) is 5.91 Å². The van der Waals surface area contributed by atoms with Crippen molar-refractivity contribution in [1.82, 2.24) is 9.80 Å². The number of carbonyl (C=O) groups excluding carboxylic acids is 1. The number of para-hydroxylation sites is 1. The van der Waals surface area contributed by atoms with Crippen molar-refractivity contribution in [2.45, 2.75) is 13.5 Å². The Morgan fingerprint density at radius 1 is 1.04 bits per heavy atom. The van der Waals surface area contributed by atoms with Crippen LogP contribution in [0.2, 0.25) is 0 Å². The van der Waals surface area contributed by atoms with Crippen LogP contribution >= 0.6 is 0 Å². The third-order valence-corrected chi connectivity index (χ3v) is 4.87. The van der Waals surface area contributed by atoms with Gasteiger partial charge in [0.25, 0.3) is 0 Å². The molecule has 1 aliphatic heterocycles. The van der Waals surface area contributed by atoms with Crippen molar-refractivity contribution in [3.8, 4) is 11.5 Å². The zero-order valence-corrected chi connectivity index (χ0v) is 16.6. The molecular weight excluding hydrogens is 352 g/mol. The maximum absolute atomic E-state index is 12.5. The molecule has 1 heterocycles. The summed E-state index contributed by atoms with van der Waals surface area (Å²) in [5.74, 6) is 1.73. The zero-order valence-electron chi connectivity index (χ0n) is 16.6. The first-order valence-electron chi connectivity index (χ1n) is 9.73. The molecule has 0 saturated carbocycles. The number of rotatable bonds is 7. The van der Waals surface area contributed by atoms with Gasteiger partial charge < -0.3 is 14.4 Å². The number of benzene rings is 2. The normalized spacial score (nSPS) is 15.0. The molecule has 0 bridgehead atoms. The lowest BCUT2D eigenvalue weighted by Gasteiger charge is -2.34. The maximum atomic E-state index is 12.5. The molecular formula is C23H28N2O3. The minimum Gasteiger partial charge on any atom is -0.497 e. The highest BCUT2D eigenvalue weighted by atomic mass is 16.5. The molecule has 1 amide bonds. The van der Waals surface area contributed by atoms with Gasteiger partial charge >= 0.3 is 0 Å². The summed E-state index contributed by atoms with van der Waals surface area (Å²) in [7, 11) is 1.68. The number of ether oxygens (including phenoxy) is 2. The van der Waals surface area contributed by atoms with Crippen molar-refractivity contribution in [2.75, 3.05) is 39.9 Å². The van der Waals surface area contributed by atoms with Gasteiger partial charge in [0.15, 0.2) is 0 Å². The van der Waals surface area contributed by atoms with Crippen LogP contribution in [0.3, 0.4) is 0 Å². The van der Waals surface area contributed by atoms with Gasteiger partial charge in [0.2, 0.25) is 5.91 Å². The van der Waals surface area contributed by atoms with Crippen LogP contribution in [0.15, 0.2) is 54.6 Å². The van der Waals surface area contributed by atoms with E-state index in [1.807, 2.05) is 54.3 Å². The third kappa shape index (κ3) is 5.36. The molecule has 0 aromatic heterocycles. The number of carbonyl (C=O) groups is 1. The number of methoxy groups -OCH3 is 1. The van der Waals surface area contributed by atoms with Crippen molar-refractivity contribution in [3.05, 3.63) is 65.7 Å². The minimum absolute atomic E-state index is 0.0513. The van der Waals surface area contributed by atoms with E-state index in [1.165, 1.54) is 5.56 Å². The molecule has 28 heavy (non-hydrogen) atoms. The fraction of sp³-hybridized carbons (Fsp3) is 0.348. The highest BCUT2D eigenvalue weighted by Gasteiger charge is 2.19. The summed E-state index contributed by atoms with van der Waals surface area (Å²) in [5.41, 5.74) is 2.18. The Bertz CT molecular complexity index is 794. The van der Waals surface area contributed by atoms with Crippen LogP contribution in [0, 0.1) is 0 Å². The fourth-order valence-electron chi connectivity index (χ4n) is 3.29. The Kier molecular flexibility index (Phi) is 7.09. The fourth-order valence-corrected chi connectivity index (χ4v) is 3.29. The van der Waals surface area contributed by atoms with E-state index >= 15 is 0 Å². The van der Waals surface area contributed by atoms with Crippen LogP contribution in [0.5, 0.6) is 11.5 Å². The average Bonchev–Trinajstić information content (AvgIpc) is 2.74. The van der Waals surface area contributed by atoms with E-state index < -0.39 is 0 Å². The molecule has 3 rings (SSSR count). The summed E-state index contributed by atoms with van der Waals surface area (Å²) in [6.45, 7) is 6.69. The van der Waals surface area contributed by atoms with Gasteiger partial charge in [-0.05, 0) is 36.8 Å². The van der Waals surface area contributed by atoms with Crippen molar-refractivity contribution in [1.29, 1.82) is 0 Å². The first-order valence-corrected chi connectivity index (χ1v) is 9.73. The van der Waals surface area contributed by atoms with Crippen molar-refractivity contribution < 1.29 is 14.3 Å². The molecule has 1 fully saturated rings. The standard InChI is InChI=1S/C23H28N2O3/c1-3-28-22-7-5-4-6-20(22)10-13-23(26)25-16-14-24(15-17-25)18-19-8-11-21(27-2)12-9-19/h4-13H,3,14-18H2,1-2H3/b13-10+. The van der Waals surface area contributed by atoms with Crippen LogP contribution in [-0.4, -0.2) is 55.6 Å². The van der Waals surface area contributed by atoms with Crippen LogP contribution in [-0.2, 0) is 11.3 Å². The summed E-state index contributed by atoms with van der Waals surface area (Å²) in [4.78, 5) is 16.8. The Hall–Kier alpha value is -2.79. The summed E-state index contributed by atoms with van der Waals surface area (Å²) in [6.07, 6.45) is 3.49. The summed E-state index contributed by atoms with van der Waals surface area (Å²) >= 11 is 0. The van der Waals surface area contributed by atoms with Crippen LogP contribution in [0.25, 0.3) is 6.08 Å². The topological polar surface area (TPSA) is 42.0 Å². The third-order valence-electron chi connectivity index (χ3n) is 4.87. The summed E-state index contributed by atoms with van der Waals surface area (Å²) < 4.78 is 10.8. The van der Waals surface area contributed by atoms with E-state index in [0.29, 0.717) is 6.61 Å². The molecule has 0 atom stereocenters. The lowest BCUT2D eigenvalue weighted by molar-refractivity contribution is -0.127. The molecule has 5 heteroatoms. The van der Waals surface area contributed by atoms with Gasteiger partial charge in [0.05, 0.1) is 13.7 Å². The molecule has 0 spiro atoms. The van der Waals surface area contributed by atoms with Crippen LogP contribution < -0.4 is 9.47 Å². The average molecular weight is 380 g/mol. The van der Waals surface area contributed by atoms with E-state index in [4.69, 9.17) is 9.47 Å². The van der Waals surface area contributed by atoms with Gasteiger partial charge in [0, 0.05) is 44.4 Å². The Balaban J connectivity index is 1.51. The molecule has 1 aliphatic rings. The first kappa shape index (κ1) is 20.0. The molecule has 0 aliphatic carbocycles. The predicted octanol–water partition coefficient (Wildman–Crippen LogP) is 3.45. The number of piperazine rings is 1. The molecule has 0 radical (unpaired) electrons. The van der Waals surface area contributed by atoms with Crippen LogP contribution in [0.1, 0.15) is 18.1 Å². The minimum atomic E-state index is 0.0513. The number of hydrogen-bond acceptors (Lipinski definition) is 4. The SMILES string of the molecule is CCOc1ccccc1/C=C/C(=O)N1CCN(Cc2ccc(OC)cc2)CC1. The lowest BCUT2D eigenvalue weighted by atomic mass is 10.1. The molecule has 5 nitrogen and oxygen atoms in total. The highest BCUT2D eigenvalue weighted by Crippen LogP contribution is 2.20. The quantitative estimate of drug-likeness (QED) is 0.690. The summed E-state index contributed by atoms with van der Waals surface area (Å²) in [6, 6.07) is 15.9. The molecule has 148 valence electrons. The molecule has 0 unspecified atom stereocenters. The van der Waals surface area contributed by atoms with E-state index in [0.717, 1.165) is 49.8 Å². The highest BCUT2D eigenvalue weighted by molar-refractivity contribution is 5.92. The number of nitrogens with zero attached hydrogens (tertiary/aromatic N) is 2. The first-order chi connectivity index (χ1) is 13.7. The lowest BCUT2D eigenvalue weighted by Crippen LogP contribution is -2.47. The van der Waals surface area contributed by atoms with Gasteiger partial charge in [-0.25, -0.2) is 0 Å². The maximum Gasteiger partial charge on any atom is 0.246 e. The Labute approximate surface area is 167 Å². The Morgan fingerprint density at radius 2 is 1.75 bits per heavy atom. The van der Waals surface area contributed by atoms with Gasteiger partial charge in [-0.2, -0.15) is 0 Å². The second kappa shape index (κ2) is 9.95. The van der Waals surface area contributed by atoms with E-state index in [2.05, 4.69) is 17.0 Å². The predicted molar refractivity (Wildman–Crippen MR) is 111 cm³/mol. The number of hydrogen-bond donors (Lipinski definition) is 0.